The van der Waals surface area contributed by atoms with Gasteiger partial charge in [0.2, 0.25) is 5.95 Å². The van der Waals surface area contributed by atoms with E-state index in [1.807, 2.05) is 103 Å². The van der Waals surface area contributed by atoms with Gasteiger partial charge in [-0.15, -0.1) is 0 Å². The van der Waals surface area contributed by atoms with Gasteiger partial charge in [-0.1, -0.05) is 182 Å². The molecule has 0 bridgehead atoms. The van der Waals surface area contributed by atoms with E-state index in [0.717, 1.165) is 88.2 Å². The van der Waals surface area contributed by atoms with E-state index in [4.69, 9.17) is 29.9 Å². The maximum absolute atomic E-state index is 5.20. The number of para-hydroxylation sites is 2. The average molecular weight is 871 g/mol. The van der Waals surface area contributed by atoms with Gasteiger partial charge in [-0.25, -0.2) is 19.9 Å². The summed E-state index contributed by atoms with van der Waals surface area (Å²) in [5.74, 6) is 3.59. The molecule has 13 aromatic rings. The maximum Gasteiger partial charge on any atom is 0.238 e. The number of nitrogens with zero attached hydrogens (tertiary/aromatic N) is 8. The molecule has 0 aliphatic rings. The second-order valence-corrected chi connectivity index (χ2v) is 16.7. The number of benzene rings is 9. The Morgan fingerprint density at radius 2 is 0.618 bits per heavy atom. The fraction of sp³-hybridized carbons (Fsp3) is 0. The van der Waals surface area contributed by atoms with Crippen molar-refractivity contribution in [2.75, 3.05) is 0 Å². The van der Waals surface area contributed by atoms with Crippen molar-refractivity contribution in [2.45, 2.75) is 0 Å². The highest BCUT2D eigenvalue weighted by atomic mass is 15.2. The van der Waals surface area contributed by atoms with Crippen molar-refractivity contribution in [3.63, 3.8) is 0 Å². The second kappa shape index (κ2) is 16.2. The first kappa shape index (κ1) is 39.0. The van der Waals surface area contributed by atoms with Crippen LogP contribution in [0, 0.1) is 0 Å². The van der Waals surface area contributed by atoms with Crippen LogP contribution < -0.4 is 0 Å². The summed E-state index contributed by atoms with van der Waals surface area (Å²) in [4.78, 5) is 30.8. The highest BCUT2D eigenvalue weighted by Gasteiger charge is 2.22. The van der Waals surface area contributed by atoms with Gasteiger partial charge in [0.15, 0.2) is 29.1 Å². The zero-order chi connectivity index (χ0) is 45.0. The van der Waals surface area contributed by atoms with Crippen molar-refractivity contribution in [3.8, 4) is 79.7 Å². The molecule has 0 radical (unpaired) electrons. The van der Waals surface area contributed by atoms with E-state index in [9.17, 15) is 0 Å². The third kappa shape index (κ3) is 6.70. The van der Waals surface area contributed by atoms with Crippen LogP contribution in [0.4, 0.5) is 0 Å². The molecule has 0 aliphatic heterocycles. The van der Waals surface area contributed by atoms with E-state index in [1.165, 1.54) is 0 Å². The first-order valence-electron chi connectivity index (χ1n) is 22.6. The molecule has 0 unspecified atom stereocenters. The first-order valence-corrected chi connectivity index (χ1v) is 22.6. The molecular weight excluding hydrogens is 833 g/mol. The van der Waals surface area contributed by atoms with Crippen LogP contribution in [-0.2, 0) is 0 Å². The Morgan fingerprint density at radius 1 is 0.235 bits per heavy atom. The topological polar surface area (TPSA) is 87.2 Å². The molecule has 8 nitrogen and oxygen atoms in total. The molecule has 13 rings (SSSR count). The van der Waals surface area contributed by atoms with E-state index in [-0.39, 0.29) is 0 Å². The molecule has 0 amide bonds. The molecule has 0 N–H and O–H groups in total. The van der Waals surface area contributed by atoms with Crippen molar-refractivity contribution >= 4 is 43.6 Å². The zero-order valence-corrected chi connectivity index (χ0v) is 36.5. The van der Waals surface area contributed by atoms with Gasteiger partial charge < -0.3 is 4.57 Å². The van der Waals surface area contributed by atoms with E-state index in [1.54, 1.807) is 0 Å². The number of rotatable bonds is 8. The van der Waals surface area contributed by atoms with Crippen LogP contribution in [-0.4, -0.2) is 39.0 Å². The first-order chi connectivity index (χ1) is 33.7. The standard InChI is InChI=1S/C60H38N8/c1-5-19-39(20-6-1)45-27-13-14-30-48(45)59-63-55(40-21-7-2-8-22-40)61-56(64-59)43-33-35-44(36-34-43)67-51-31-17-15-28-46(51)49-37-50-47-29-16-18-32-52(47)68(54(50)38-53(49)67)60-65-57(41-23-9-3-10-24-41)62-58(66-60)42-25-11-4-12-26-42/h1-38H. The number of fused-ring (bicyclic) bond motifs is 6. The second-order valence-electron chi connectivity index (χ2n) is 16.7. The summed E-state index contributed by atoms with van der Waals surface area (Å²) in [5, 5.41) is 4.54. The van der Waals surface area contributed by atoms with Crippen molar-refractivity contribution < 1.29 is 0 Å². The molecular formula is C60H38N8. The minimum Gasteiger partial charge on any atom is -0.309 e. The van der Waals surface area contributed by atoms with Gasteiger partial charge in [-0.3, -0.25) is 4.57 Å². The molecule has 8 heteroatoms. The summed E-state index contributed by atoms with van der Waals surface area (Å²) < 4.78 is 4.53. The lowest BCUT2D eigenvalue weighted by atomic mass is 9.99. The molecule has 9 aromatic carbocycles. The lowest BCUT2D eigenvalue weighted by molar-refractivity contribution is 0.953. The molecule has 0 saturated carbocycles. The van der Waals surface area contributed by atoms with Crippen LogP contribution in [0.5, 0.6) is 0 Å². The molecule has 0 spiro atoms. The Balaban J connectivity index is 0.991. The van der Waals surface area contributed by atoms with E-state index in [0.29, 0.717) is 35.1 Å². The quantitative estimate of drug-likeness (QED) is 0.151. The van der Waals surface area contributed by atoms with Gasteiger partial charge in [0.05, 0.1) is 22.1 Å². The van der Waals surface area contributed by atoms with Crippen LogP contribution in [0.2, 0.25) is 0 Å². The van der Waals surface area contributed by atoms with Crippen molar-refractivity contribution in [3.05, 3.63) is 231 Å². The summed E-state index contributed by atoms with van der Waals surface area (Å²) in [7, 11) is 0. The molecule has 68 heavy (non-hydrogen) atoms. The van der Waals surface area contributed by atoms with Gasteiger partial charge in [0.1, 0.15) is 0 Å². The normalized spacial score (nSPS) is 11.5. The molecule has 4 heterocycles. The summed E-state index contributed by atoms with van der Waals surface area (Å²) in [6.07, 6.45) is 0. The van der Waals surface area contributed by atoms with Gasteiger partial charge >= 0.3 is 0 Å². The highest BCUT2D eigenvalue weighted by Crippen LogP contribution is 2.40. The Kier molecular flexibility index (Phi) is 9.31. The van der Waals surface area contributed by atoms with Crippen LogP contribution in [0.15, 0.2) is 231 Å². The lowest BCUT2D eigenvalue weighted by Crippen LogP contribution is -2.06. The summed E-state index contributed by atoms with van der Waals surface area (Å²) in [6, 6.07) is 79.3. The largest absolute Gasteiger partial charge is 0.309 e. The minimum absolute atomic E-state index is 0.549. The van der Waals surface area contributed by atoms with Gasteiger partial charge in [-0.05, 0) is 59.7 Å². The summed E-state index contributed by atoms with van der Waals surface area (Å²) in [6.45, 7) is 0. The van der Waals surface area contributed by atoms with Crippen molar-refractivity contribution in [2.24, 2.45) is 0 Å². The lowest BCUT2D eigenvalue weighted by Gasteiger charge is -2.13. The minimum atomic E-state index is 0.549. The average Bonchev–Trinajstić information content (AvgIpc) is 3.93. The van der Waals surface area contributed by atoms with Gasteiger partial charge in [-0.2, -0.15) is 9.97 Å². The number of hydrogen-bond donors (Lipinski definition) is 0. The molecule has 0 atom stereocenters. The molecule has 4 aromatic heterocycles. The third-order valence-corrected chi connectivity index (χ3v) is 12.7. The number of aromatic nitrogens is 8. The summed E-state index contributed by atoms with van der Waals surface area (Å²) >= 11 is 0. The summed E-state index contributed by atoms with van der Waals surface area (Å²) in [5.41, 5.74) is 11.9. The maximum atomic E-state index is 5.20. The predicted molar refractivity (Wildman–Crippen MR) is 275 cm³/mol. The Labute approximate surface area is 391 Å². The Hall–Kier alpha value is -9.40. The smallest absolute Gasteiger partial charge is 0.238 e. The Bertz CT molecular complexity index is 3940. The predicted octanol–water partition coefficient (Wildman–Crippen LogP) is 14.3. The highest BCUT2D eigenvalue weighted by molar-refractivity contribution is 6.19. The van der Waals surface area contributed by atoms with Crippen LogP contribution >= 0.6 is 0 Å². The van der Waals surface area contributed by atoms with E-state index >= 15 is 0 Å². The monoisotopic (exact) mass is 870 g/mol. The molecule has 318 valence electrons. The van der Waals surface area contributed by atoms with Crippen LogP contribution in [0.3, 0.4) is 0 Å². The van der Waals surface area contributed by atoms with Gasteiger partial charge in [0, 0.05) is 55.0 Å². The number of hydrogen-bond acceptors (Lipinski definition) is 6. The van der Waals surface area contributed by atoms with Crippen molar-refractivity contribution in [1.29, 1.82) is 0 Å². The molecule has 0 aliphatic carbocycles. The Morgan fingerprint density at radius 3 is 1.15 bits per heavy atom. The van der Waals surface area contributed by atoms with Crippen molar-refractivity contribution in [1.82, 2.24) is 39.0 Å². The van der Waals surface area contributed by atoms with Gasteiger partial charge in [0.25, 0.3) is 0 Å². The van der Waals surface area contributed by atoms with Crippen LogP contribution in [0.1, 0.15) is 0 Å². The van der Waals surface area contributed by atoms with E-state index in [2.05, 4.69) is 137 Å². The molecule has 0 fully saturated rings. The third-order valence-electron chi connectivity index (χ3n) is 12.7. The fourth-order valence-corrected chi connectivity index (χ4v) is 9.47. The van der Waals surface area contributed by atoms with E-state index < -0.39 is 0 Å². The molecule has 0 saturated heterocycles. The zero-order valence-electron chi connectivity index (χ0n) is 36.5. The van der Waals surface area contributed by atoms with Crippen LogP contribution in [0.25, 0.3) is 123 Å². The SMILES string of the molecule is c1ccc(-c2nc(-c3ccc(-n4c5ccccc5c5cc6c7ccccc7n(-c7nc(-c8ccccc8)nc(-c8ccccc8)n7)c6cc54)cc3)nc(-c3ccccc3-c3ccccc3)n2)cc1. The fourth-order valence-electron chi connectivity index (χ4n) is 9.47.